The van der Waals surface area contributed by atoms with Gasteiger partial charge in [0.15, 0.2) is 0 Å². The van der Waals surface area contributed by atoms with E-state index in [9.17, 15) is 14.0 Å². The SMILES string of the molecule is COc1ccc(CCNC(=O)[C@H](Cc2ccccc2)N(Cc2ccc(F)cc2)C(=O)Cc2ccccc2)cc1. The quantitative estimate of drug-likeness (QED) is 0.271. The minimum absolute atomic E-state index is 0.159. The number of ether oxygens (including phenoxy) is 1. The molecule has 6 heteroatoms. The fourth-order valence-electron chi connectivity index (χ4n) is 4.45. The largest absolute Gasteiger partial charge is 0.497 e. The maximum Gasteiger partial charge on any atom is 0.243 e. The second-order valence-electron chi connectivity index (χ2n) is 9.41. The van der Waals surface area contributed by atoms with Gasteiger partial charge < -0.3 is 15.0 Å². The molecule has 4 aromatic rings. The van der Waals surface area contributed by atoms with Crippen molar-refractivity contribution in [2.45, 2.75) is 31.8 Å². The minimum Gasteiger partial charge on any atom is -0.497 e. The Kier molecular flexibility index (Phi) is 9.84. The van der Waals surface area contributed by atoms with Crippen LogP contribution in [-0.2, 0) is 35.4 Å². The molecule has 0 saturated carbocycles. The minimum atomic E-state index is -0.746. The molecule has 0 saturated heterocycles. The summed E-state index contributed by atoms with van der Waals surface area (Å²) in [5.74, 6) is 0.0322. The molecule has 2 amide bonds. The number of halogens is 1. The third-order valence-corrected chi connectivity index (χ3v) is 6.61. The number of benzene rings is 4. The van der Waals surface area contributed by atoms with E-state index in [2.05, 4.69) is 5.32 Å². The van der Waals surface area contributed by atoms with E-state index in [1.54, 1.807) is 24.1 Å². The third-order valence-electron chi connectivity index (χ3n) is 6.61. The van der Waals surface area contributed by atoms with Crippen LogP contribution in [0.5, 0.6) is 5.75 Å². The number of nitrogens with zero attached hydrogens (tertiary/aromatic N) is 1. The molecule has 200 valence electrons. The molecule has 0 aliphatic rings. The average Bonchev–Trinajstić information content (AvgIpc) is 2.97. The highest BCUT2D eigenvalue weighted by molar-refractivity contribution is 5.88. The average molecular weight is 525 g/mol. The van der Waals surface area contributed by atoms with Gasteiger partial charge in [-0.15, -0.1) is 0 Å². The predicted molar refractivity (Wildman–Crippen MR) is 151 cm³/mol. The molecular formula is C33H33FN2O3. The monoisotopic (exact) mass is 524 g/mol. The molecular weight excluding hydrogens is 491 g/mol. The fraction of sp³-hybridized carbons (Fsp3) is 0.212. The number of nitrogens with one attached hydrogen (secondary N) is 1. The van der Waals surface area contributed by atoms with E-state index in [-0.39, 0.29) is 30.6 Å². The van der Waals surface area contributed by atoms with E-state index in [0.717, 1.165) is 28.0 Å². The van der Waals surface area contributed by atoms with Gasteiger partial charge in [-0.1, -0.05) is 84.9 Å². The molecule has 0 aromatic heterocycles. The van der Waals surface area contributed by atoms with Gasteiger partial charge in [0.05, 0.1) is 13.5 Å². The molecule has 0 aliphatic carbocycles. The maximum absolute atomic E-state index is 13.7. The Morgan fingerprint density at radius 2 is 1.36 bits per heavy atom. The second-order valence-corrected chi connectivity index (χ2v) is 9.41. The summed E-state index contributed by atoms with van der Waals surface area (Å²) in [4.78, 5) is 29.1. The number of rotatable bonds is 12. The molecule has 0 spiro atoms. The van der Waals surface area contributed by atoms with Crippen LogP contribution >= 0.6 is 0 Å². The number of hydrogen-bond acceptors (Lipinski definition) is 3. The van der Waals surface area contributed by atoms with Crippen molar-refractivity contribution in [3.05, 3.63) is 137 Å². The summed E-state index contributed by atoms with van der Waals surface area (Å²) in [5, 5.41) is 3.05. The number of methoxy groups -OCH3 is 1. The summed E-state index contributed by atoms with van der Waals surface area (Å²) >= 11 is 0. The standard InChI is InChI=1S/C33H33FN2O3/c1-39-30-18-14-25(15-19-30)20-21-35-33(38)31(22-26-8-4-2-5-9-26)36(24-28-12-16-29(34)17-13-28)32(37)23-27-10-6-3-7-11-27/h2-19,31H,20-24H2,1H3,(H,35,38)/t31-/m0/s1. The summed E-state index contributed by atoms with van der Waals surface area (Å²) < 4.78 is 18.8. The molecule has 0 aliphatic heterocycles. The van der Waals surface area contributed by atoms with E-state index in [4.69, 9.17) is 4.74 Å². The Labute approximate surface area is 229 Å². The van der Waals surface area contributed by atoms with Crippen LogP contribution in [0.1, 0.15) is 22.3 Å². The lowest BCUT2D eigenvalue weighted by atomic mass is 10.0. The van der Waals surface area contributed by atoms with Crippen LogP contribution in [0.2, 0.25) is 0 Å². The lowest BCUT2D eigenvalue weighted by Gasteiger charge is -2.31. The van der Waals surface area contributed by atoms with Crippen molar-refractivity contribution in [2.24, 2.45) is 0 Å². The van der Waals surface area contributed by atoms with Crippen molar-refractivity contribution in [2.75, 3.05) is 13.7 Å². The maximum atomic E-state index is 13.7. The van der Waals surface area contributed by atoms with Gasteiger partial charge in [-0.05, 0) is 52.9 Å². The molecule has 5 nitrogen and oxygen atoms in total. The van der Waals surface area contributed by atoms with E-state index < -0.39 is 6.04 Å². The first kappa shape index (κ1) is 27.6. The normalized spacial score (nSPS) is 11.4. The second kappa shape index (κ2) is 13.9. The van der Waals surface area contributed by atoms with Crippen LogP contribution < -0.4 is 10.1 Å². The van der Waals surface area contributed by atoms with Gasteiger partial charge in [-0.3, -0.25) is 9.59 Å². The molecule has 4 aromatic carbocycles. The molecule has 0 heterocycles. The highest BCUT2D eigenvalue weighted by Gasteiger charge is 2.30. The van der Waals surface area contributed by atoms with Gasteiger partial charge in [0.2, 0.25) is 11.8 Å². The van der Waals surface area contributed by atoms with Gasteiger partial charge in [0.1, 0.15) is 17.6 Å². The lowest BCUT2D eigenvalue weighted by molar-refractivity contribution is -0.140. The third kappa shape index (κ3) is 8.27. The van der Waals surface area contributed by atoms with Crippen LogP contribution in [0, 0.1) is 5.82 Å². The molecule has 1 atom stereocenters. The van der Waals surface area contributed by atoms with E-state index in [1.165, 1.54) is 12.1 Å². The molecule has 4 rings (SSSR count). The zero-order chi connectivity index (χ0) is 27.5. The summed E-state index contributed by atoms with van der Waals surface area (Å²) in [7, 11) is 1.62. The Morgan fingerprint density at radius 3 is 1.97 bits per heavy atom. The smallest absolute Gasteiger partial charge is 0.243 e. The molecule has 0 unspecified atom stereocenters. The van der Waals surface area contributed by atoms with Crippen LogP contribution in [0.3, 0.4) is 0 Å². The summed E-state index contributed by atoms with van der Waals surface area (Å²) in [6.07, 6.45) is 1.16. The summed E-state index contributed by atoms with van der Waals surface area (Å²) in [6.45, 7) is 0.614. The predicted octanol–water partition coefficient (Wildman–Crippen LogP) is 5.38. The Hall–Kier alpha value is -4.45. The van der Waals surface area contributed by atoms with Crippen LogP contribution in [0.15, 0.2) is 109 Å². The van der Waals surface area contributed by atoms with E-state index in [0.29, 0.717) is 19.4 Å². The topological polar surface area (TPSA) is 58.6 Å². The van der Waals surface area contributed by atoms with Crippen LogP contribution in [-0.4, -0.2) is 36.4 Å². The molecule has 0 bridgehead atoms. The van der Waals surface area contributed by atoms with Crippen molar-refractivity contribution in [3.63, 3.8) is 0 Å². The first-order valence-corrected chi connectivity index (χ1v) is 13.0. The van der Waals surface area contributed by atoms with Gasteiger partial charge in [0, 0.05) is 19.5 Å². The first-order valence-electron chi connectivity index (χ1n) is 13.0. The van der Waals surface area contributed by atoms with Crippen molar-refractivity contribution in [1.82, 2.24) is 10.2 Å². The Bertz CT molecular complexity index is 1330. The number of hydrogen-bond donors (Lipinski definition) is 1. The van der Waals surface area contributed by atoms with Crippen LogP contribution in [0.25, 0.3) is 0 Å². The fourth-order valence-corrected chi connectivity index (χ4v) is 4.45. The molecule has 0 radical (unpaired) electrons. The van der Waals surface area contributed by atoms with Crippen molar-refractivity contribution >= 4 is 11.8 Å². The lowest BCUT2D eigenvalue weighted by Crippen LogP contribution is -2.51. The first-order chi connectivity index (χ1) is 19.0. The van der Waals surface area contributed by atoms with Gasteiger partial charge in [-0.2, -0.15) is 0 Å². The Morgan fingerprint density at radius 1 is 0.769 bits per heavy atom. The van der Waals surface area contributed by atoms with Crippen LogP contribution in [0.4, 0.5) is 4.39 Å². The summed E-state index contributed by atoms with van der Waals surface area (Å²) in [5.41, 5.74) is 3.63. The summed E-state index contributed by atoms with van der Waals surface area (Å²) in [6, 6.07) is 32.2. The van der Waals surface area contributed by atoms with E-state index in [1.807, 2.05) is 84.9 Å². The van der Waals surface area contributed by atoms with Crippen molar-refractivity contribution < 1.29 is 18.7 Å². The molecule has 0 fully saturated rings. The van der Waals surface area contributed by atoms with Crippen molar-refractivity contribution in [1.29, 1.82) is 0 Å². The zero-order valence-electron chi connectivity index (χ0n) is 22.1. The number of carbonyl (C=O) groups excluding carboxylic acids is 2. The van der Waals surface area contributed by atoms with Gasteiger partial charge in [-0.25, -0.2) is 4.39 Å². The zero-order valence-corrected chi connectivity index (χ0v) is 22.1. The molecule has 39 heavy (non-hydrogen) atoms. The van der Waals surface area contributed by atoms with Crippen molar-refractivity contribution in [3.8, 4) is 5.75 Å². The van der Waals surface area contributed by atoms with Gasteiger partial charge in [0.25, 0.3) is 0 Å². The number of amides is 2. The highest BCUT2D eigenvalue weighted by Crippen LogP contribution is 2.17. The molecule has 1 N–H and O–H groups in total. The number of carbonyl (C=O) groups is 2. The van der Waals surface area contributed by atoms with E-state index >= 15 is 0 Å². The highest BCUT2D eigenvalue weighted by atomic mass is 19.1. The van der Waals surface area contributed by atoms with Gasteiger partial charge >= 0.3 is 0 Å². The Balaban J connectivity index is 1.57.